The van der Waals surface area contributed by atoms with Crippen LogP contribution in [0, 0.1) is 0 Å². The van der Waals surface area contributed by atoms with Gasteiger partial charge in [-0.2, -0.15) is 0 Å². The third-order valence-electron chi connectivity index (χ3n) is 19.6. The van der Waals surface area contributed by atoms with E-state index >= 15 is 4.39 Å². The van der Waals surface area contributed by atoms with Crippen LogP contribution in [-0.2, 0) is 85.3 Å². The van der Waals surface area contributed by atoms with Gasteiger partial charge in [-0.25, -0.2) is 4.39 Å². The molecule has 48 heteroatoms. The molecule has 0 spiro atoms. The summed E-state index contributed by atoms with van der Waals surface area (Å²) in [5, 5.41) is 291. The van der Waals surface area contributed by atoms with Crippen molar-refractivity contribution < 1.29 is 238 Å². The molecule has 0 amide bonds. The fourth-order valence-electron chi connectivity index (χ4n) is 13.0. The van der Waals surface area contributed by atoms with Crippen molar-refractivity contribution in [2.24, 2.45) is 0 Å². The molecular formula is C63H113FO47. The predicted molar refractivity (Wildman–Crippen MR) is 345 cm³/mol. The Balaban J connectivity index is 0.000000231. The van der Waals surface area contributed by atoms with Gasteiger partial charge in [-0.15, -0.1) is 0 Å². The summed E-state index contributed by atoms with van der Waals surface area (Å²) in [4.78, 5) is 0. The molecule has 9 heterocycles. The summed E-state index contributed by atoms with van der Waals surface area (Å²) in [5.41, 5.74) is 0. The van der Waals surface area contributed by atoms with E-state index in [0.29, 0.717) is 19.3 Å². The van der Waals surface area contributed by atoms with Crippen LogP contribution in [0.4, 0.5) is 4.39 Å². The van der Waals surface area contributed by atoms with Crippen LogP contribution in [0.25, 0.3) is 0 Å². The lowest BCUT2D eigenvalue weighted by Crippen LogP contribution is -2.67. The van der Waals surface area contributed by atoms with Crippen LogP contribution >= 0.6 is 0 Å². The molecule has 0 aromatic heterocycles. The summed E-state index contributed by atoms with van der Waals surface area (Å²) in [6.45, 7) is -0.444. The summed E-state index contributed by atoms with van der Waals surface area (Å²) < 4.78 is 114. The standard InChI is InChI=1S/C21H37FO15.2C21H38O16/c1-2-3-32-19-10(22)18(37-21-17(31)15(29)12(26)8(5-24)35-21)13(27)9(36-19)6-33-20-16(30)14(28)11(25)7(4-23)34-20;1-2-3-32-19-16(31)18(37-21-15(30)13(28)11(26)8(5-23)34-21)17(9(6-24)35-19)36-20-14(29)12(27)10(25)7(4-22)33-20;1-2-3-32-20-17(31)18(37-21-16(30)14(28)11(25)8(5-23)35-21)12(26)9(36-20)6-33-19-15(29)13(27)10(24)7(4-22)34-19/h7-21,23-31H,2-6H2,1H3;2*7-31H,2-6H2,1H3/t7-,8-,9-,10+,11-,12-,13-,14+,15+,16+,17+,18-,19+,20?,21-;7-,8-,9-,10-,11-,12+,13+,14+,15+,16+,17-,18-,19+,20-,21-;7-,8-,9-,10-,11-,12-,13+,14+,15+,16+,17+,18+,19?,20-,21-/m111/s1. The van der Waals surface area contributed by atoms with Gasteiger partial charge in [0.15, 0.2) is 62.8 Å². The maximum Gasteiger partial charge on any atom is 0.192 e. The molecule has 47 nitrogen and oxygen atoms in total. The molecule has 29 N–H and O–H groups in total. The Morgan fingerprint density at radius 1 is 0.207 bits per heavy atom. The van der Waals surface area contributed by atoms with Crippen molar-refractivity contribution in [2.75, 3.05) is 79.3 Å². The van der Waals surface area contributed by atoms with Gasteiger partial charge in [0.25, 0.3) is 0 Å². The van der Waals surface area contributed by atoms with Crippen molar-refractivity contribution in [3.63, 3.8) is 0 Å². The highest BCUT2D eigenvalue weighted by atomic mass is 19.1. The second-order valence-electron chi connectivity index (χ2n) is 27.6. The van der Waals surface area contributed by atoms with E-state index in [2.05, 4.69) is 0 Å². The molecule has 9 saturated heterocycles. The summed E-state index contributed by atoms with van der Waals surface area (Å²) in [7, 11) is 0. The zero-order chi connectivity index (χ0) is 82.3. The molecule has 0 aromatic rings. The molecule has 0 aromatic carbocycles. The van der Waals surface area contributed by atoms with E-state index in [1.54, 1.807) is 20.8 Å². The summed E-state index contributed by atoms with van der Waals surface area (Å²) >= 11 is 0. The van der Waals surface area contributed by atoms with Gasteiger partial charge in [0, 0.05) is 19.8 Å². The molecular weight excluding hydrogens is 1530 g/mol. The molecule has 654 valence electrons. The maximum absolute atomic E-state index is 15.3. The maximum atomic E-state index is 15.3. The van der Waals surface area contributed by atoms with Gasteiger partial charge in [0.05, 0.1) is 59.5 Å². The Bertz CT molecular complexity index is 2460. The molecule has 9 aliphatic heterocycles. The normalized spacial score (nSPS) is 49.2. The molecule has 9 fully saturated rings. The first-order valence-corrected chi connectivity index (χ1v) is 36.2. The Morgan fingerprint density at radius 2 is 0.423 bits per heavy atom. The quantitative estimate of drug-likeness (QED) is 0.0318. The van der Waals surface area contributed by atoms with Crippen LogP contribution in [0.1, 0.15) is 40.0 Å². The summed E-state index contributed by atoms with van der Waals surface area (Å²) in [6.07, 6.45) is -71.0. The van der Waals surface area contributed by atoms with Gasteiger partial charge >= 0.3 is 0 Å². The van der Waals surface area contributed by atoms with Crippen molar-refractivity contribution in [3.8, 4) is 0 Å². The van der Waals surface area contributed by atoms with E-state index in [1.165, 1.54) is 0 Å². The second-order valence-corrected chi connectivity index (χ2v) is 27.6. The van der Waals surface area contributed by atoms with Crippen molar-refractivity contribution in [2.45, 2.75) is 316 Å². The third-order valence-corrected chi connectivity index (χ3v) is 19.6. The van der Waals surface area contributed by atoms with Crippen molar-refractivity contribution in [1.82, 2.24) is 0 Å². The number of rotatable bonds is 30. The number of halogens is 1. The van der Waals surface area contributed by atoms with E-state index in [0.717, 1.165) is 0 Å². The van der Waals surface area contributed by atoms with Crippen LogP contribution in [-0.4, -0.2) is 504 Å². The average Bonchev–Trinajstić information content (AvgIpc) is 0.775. The van der Waals surface area contributed by atoms with Crippen LogP contribution in [0.15, 0.2) is 0 Å². The van der Waals surface area contributed by atoms with Gasteiger partial charge < -0.3 is 233 Å². The highest BCUT2D eigenvalue weighted by molar-refractivity contribution is 5.01. The molecule has 0 aliphatic carbocycles. The molecule has 111 heavy (non-hydrogen) atoms. The minimum atomic E-state index is -2.13. The second kappa shape index (κ2) is 44.9. The van der Waals surface area contributed by atoms with Crippen molar-refractivity contribution >= 4 is 0 Å². The molecule has 0 radical (unpaired) electrons. The molecule has 0 saturated carbocycles. The SMILES string of the molecule is CCCO[C@@H]1O[C@H](COC2O[C@H](CO)[C@@H](O)[C@H](O)[C@@H]2O)[C@@H](O)[C@H](O[C@H]2O[C@H](CO)[C@@H](O)[C@H](O)[C@@H]2O)[C@@H]1O.CCCO[C@H]1O[C@H](CO)[C@@H](O[C@H]2O[C@H](CO)[C@@H](O)[C@H](O)[C@@H]2O)[C@H](O[C@H]2O[C@H](CO)[C@@H](O)[C@H](O)[C@@H]2O)[C@@H]1O.CCCO[C@H]1O[C@H](COC2O[C@H](CO)[C@@H](O)[C@H](O)[C@@H]2O)[C@@H](O)[C@H](O[C@H]2O[C@H](CO)[C@@H](O)[C@H](O)[C@@H]2O)[C@@H]1F. The Hall–Kier alpha value is -1.95. The zero-order valence-corrected chi connectivity index (χ0v) is 60.3. The fourth-order valence-corrected chi connectivity index (χ4v) is 13.0. The van der Waals surface area contributed by atoms with Gasteiger partial charge in [-0.1, -0.05) is 20.8 Å². The van der Waals surface area contributed by atoms with Crippen LogP contribution in [0.5, 0.6) is 0 Å². The monoisotopic (exact) mass is 1640 g/mol. The first kappa shape index (κ1) is 96.2. The molecule has 45 atom stereocenters. The number of hydrogen-bond donors (Lipinski definition) is 29. The van der Waals surface area contributed by atoms with Crippen LogP contribution in [0.2, 0.25) is 0 Å². The highest BCUT2D eigenvalue weighted by Gasteiger charge is 2.58. The molecule has 9 aliphatic rings. The van der Waals surface area contributed by atoms with E-state index in [1.807, 2.05) is 0 Å². The van der Waals surface area contributed by atoms with E-state index in [4.69, 9.17) is 85.3 Å². The first-order valence-electron chi connectivity index (χ1n) is 36.2. The van der Waals surface area contributed by atoms with E-state index in [9.17, 15) is 148 Å². The molecule has 9 rings (SSSR count). The zero-order valence-electron chi connectivity index (χ0n) is 60.3. The van der Waals surface area contributed by atoms with E-state index < -0.39 is 336 Å². The van der Waals surface area contributed by atoms with Crippen LogP contribution < -0.4 is 0 Å². The van der Waals surface area contributed by atoms with Gasteiger partial charge in [-0.05, 0) is 19.3 Å². The molecule has 2 unspecified atom stereocenters. The fraction of sp³-hybridized carbons (Fsp3) is 1.00. The lowest BCUT2D eigenvalue weighted by atomic mass is 9.96. The topological polar surface area (TPSA) is 753 Å². The average molecular weight is 1640 g/mol. The van der Waals surface area contributed by atoms with Crippen molar-refractivity contribution in [3.05, 3.63) is 0 Å². The Labute approximate surface area is 632 Å². The number of hydrogen-bond acceptors (Lipinski definition) is 47. The van der Waals surface area contributed by atoms with Crippen LogP contribution in [0.3, 0.4) is 0 Å². The third kappa shape index (κ3) is 23.0. The number of alkyl halides is 1. The Kier molecular flexibility index (Phi) is 38.9. The van der Waals surface area contributed by atoms with Gasteiger partial charge in [-0.3, -0.25) is 0 Å². The van der Waals surface area contributed by atoms with Gasteiger partial charge in [0.1, 0.15) is 214 Å². The lowest BCUT2D eigenvalue weighted by Gasteiger charge is -2.49. The minimum Gasteiger partial charge on any atom is -0.394 e. The molecule has 0 bridgehead atoms. The summed E-state index contributed by atoms with van der Waals surface area (Å²) in [5.74, 6) is 0. The van der Waals surface area contributed by atoms with Gasteiger partial charge in [0.2, 0.25) is 0 Å². The lowest BCUT2D eigenvalue weighted by molar-refractivity contribution is -0.387. The summed E-state index contributed by atoms with van der Waals surface area (Å²) in [6, 6.07) is 0. The van der Waals surface area contributed by atoms with E-state index in [-0.39, 0.29) is 19.8 Å². The number of aliphatic hydroxyl groups is 29. The highest BCUT2D eigenvalue weighted by Crippen LogP contribution is 2.38. The predicted octanol–water partition coefficient (Wildman–Crippen LogP) is -17.4. The largest absolute Gasteiger partial charge is 0.394 e. The van der Waals surface area contributed by atoms with Crippen molar-refractivity contribution in [1.29, 1.82) is 0 Å². The minimum absolute atomic E-state index is 0.0637. The number of ether oxygens (including phenoxy) is 18. The smallest absolute Gasteiger partial charge is 0.192 e. The number of aliphatic hydroxyl groups excluding tert-OH is 29. The Morgan fingerprint density at radius 3 is 0.730 bits per heavy atom. The first-order chi connectivity index (χ1) is 52.7.